The number of amides is 1. The van der Waals surface area contributed by atoms with Crippen LogP contribution in [0.2, 0.25) is 5.02 Å². The van der Waals surface area contributed by atoms with Crippen LogP contribution in [0, 0.1) is 0 Å². The topological polar surface area (TPSA) is 56.8 Å². The average Bonchev–Trinajstić information content (AvgIpc) is 2.79. The molecule has 0 aliphatic carbocycles. The van der Waals surface area contributed by atoms with Crippen molar-refractivity contribution in [3.05, 3.63) is 89.0 Å². The molecule has 160 valence electrons. The zero-order valence-corrected chi connectivity index (χ0v) is 18.2. The van der Waals surface area contributed by atoms with Gasteiger partial charge in [0, 0.05) is 16.8 Å². The van der Waals surface area contributed by atoms with Crippen molar-refractivity contribution in [2.24, 2.45) is 0 Å². The molecule has 3 aromatic carbocycles. The van der Waals surface area contributed by atoms with Crippen molar-refractivity contribution in [2.75, 3.05) is 19.0 Å². The molecule has 0 aliphatic heterocycles. The van der Waals surface area contributed by atoms with Crippen molar-refractivity contribution in [1.29, 1.82) is 0 Å². The Hall–Kier alpha value is -3.44. The SMILES string of the molecule is CCOc1ccc(NC(=O)/C=C/c2ccc(OCc3ccc(Cl)cc3)c(OC)c2)cc1. The smallest absolute Gasteiger partial charge is 0.248 e. The quantitative estimate of drug-likeness (QED) is 0.418. The van der Waals surface area contributed by atoms with E-state index in [1.807, 2.05) is 61.5 Å². The van der Waals surface area contributed by atoms with Gasteiger partial charge in [-0.2, -0.15) is 0 Å². The first-order chi connectivity index (χ1) is 15.1. The summed E-state index contributed by atoms with van der Waals surface area (Å²) in [6, 6.07) is 20.2. The van der Waals surface area contributed by atoms with Gasteiger partial charge in [-0.05, 0) is 72.7 Å². The lowest BCUT2D eigenvalue weighted by Crippen LogP contribution is -2.07. The maximum Gasteiger partial charge on any atom is 0.248 e. The Morgan fingerprint density at radius 3 is 2.39 bits per heavy atom. The number of benzene rings is 3. The van der Waals surface area contributed by atoms with Crippen LogP contribution in [-0.4, -0.2) is 19.6 Å². The van der Waals surface area contributed by atoms with Gasteiger partial charge in [0.25, 0.3) is 0 Å². The average molecular weight is 438 g/mol. The largest absolute Gasteiger partial charge is 0.494 e. The lowest BCUT2D eigenvalue weighted by molar-refractivity contribution is -0.111. The molecule has 0 radical (unpaired) electrons. The van der Waals surface area contributed by atoms with Crippen LogP contribution >= 0.6 is 11.6 Å². The van der Waals surface area contributed by atoms with E-state index >= 15 is 0 Å². The summed E-state index contributed by atoms with van der Waals surface area (Å²) >= 11 is 5.91. The number of nitrogens with one attached hydrogen (secondary N) is 1. The first-order valence-corrected chi connectivity index (χ1v) is 10.2. The molecule has 0 saturated heterocycles. The fourth-order valence-corrected chi connectivity index (χ4v) is 2.93. The summed E-state index contributed by atoms with van der Waals surface area (Å²) in [5.74, 6) is 1.74. The molecular formula is C25H24ClNO4. The van der Waals surface area contributed by atoms with E-state index in [1.165, 1.54) is 6.08 Å². The number of carbonyl (C=O) groups is 1. The van der Waals surface area contributed by atoms with E-state index in [4.69, 9.17) is 25.8 Å². The Kier molecular flexibility index (Phi) is 7.96. The van der Waals surface area contributed by atoms with Gasteiger partial charge in [0.2, 0.25) is 5.91 Å². The molecule has 0 aromatic heterocycles. The van der Waals surface area contributed by atoms with E-state index in [0.717, 1.165) is 16.9 Å². The third-order valence-corrected chi connectivity index (χ3v) is 4.61. The Labute approximate surface area is 187 Å². The summed E-state index contributed by atoms with van der Waals surface area (Å²) in [5, 5.41) is 3.50. The molecule has 6 heteroatoms. The maximum atomic E-state index is 12.2. The number of hydrogen-bond acceptors (Lipinski definition) is 4. The number of anilines is 1. The Bertz CT molecular complexity index is 1030. The van der Waals surface area contributed by atoms with Crippen molar-refractivity contribution in [1.82, 2.24) is 0 Å². The highest BCUT2D eigenvalue weighted by Gasteiger charge is 2.06. The van der Waals surface area contributed by atoms with Gasteiger partial charge in [0.15, 0.2) is 11.5 Å². The standard InChI is InChI=1S/C25H24ClNO4/c1-3-30-22-12-10-21(11-13-22)27-25(28)15-7-18-6-14-23(24(16-18)29-2)31-17-19-4-8-20(26)9-5-19/h4-16H,3,17H2,1-2H3,(H,27,28)/b15-7+. The van der Waals surface area contributed by atoms with Crippen LogP contribution in [0.5, 0.6) is 17.2 Å². The molecule has 1 N–H and O–H groups in total. The highest BCUT2D eigenvalue weighted by atomic mass is 35.5. The number of halogens is 1. The minimum Gasteiger partial charge on any atom is -0.494 e. The van der Waals surface area contributed by atoms with E-state index in [2.05, 4.69) is 5.32 Å². The lowest BCUT2D eigenvalue weighted by Gasteiger charge is -2.11. The number of hydrogen-bond donors (Lipinski definition) is 1. The molecule has 3 aromatic rings. The number of ether oxygens (including phenoxy) is 3. The van der Waals surface area contributed by atoms with Gasteiger partial charge in [0.1, 0.15) is 12.4 Å². The van der Waals surface area contributed by atoms with Crippen molar-refractivity contribution in [2.45, 2.75) is 13.5 Å². The first kappa shape index (κ1) is 22.2. The minimum atomic E-state index is -0.230. The van der Waals surface area contributed by atoms with E-state index in [0.29, 0.717) is 35.4 Å². The molecule has 31 heavy (non-hydrogen) atoms. The summed E-state index contributed by atoms with van der Waals surface area (Å²) in [5.41, 5.74) is 2.51. The number of methoxy groups -OCH3 is 1. The molecule has 3 rings (SSSR count). The zero-order chi connectivity index (χ0) is 22.1. The van der Waals surface area contributed by atoms with E-state index in [9.17, 15) is 4.79 Å². The van der Waals surface area contributed by atoms with Gasteiger partial charge >= 0.3 is 0 Å². The van der Waals surface area contributed by atoms with E-state index in [-0.39, 0.29) is 5.91 Å². The highest BCUT2D eigenvalue weighted by Crippen LogP contribution is 2.29. The van der Waals surface area contributed by atoms with Crippen molar-refractivity contribution >= 4 is 29.3 Å². The third-order valence-electron chi connectivity index (χ3n) is 4.36. The normalized spacial score (nSPS) is 10.7. The fraction of sp³-hybridized carbons (Fsp3) is 0.160. The predicted octanol–water partition coefficient (Wildman–Crippen LogP) is 5.98. The van der Waals surface area contributed by atoms with E-state index < -0.39 is 0 Å². The molecule has 0 saturated carbocycles. The van der Waals surface area contributed by atoms with Gasteiger partial charge in [-0.1, -0.05) is 29.8 Å². The second-order valence-electron chi connectivity index (χ2n) is 6.61. The fourth-order valence-electron chi connectivity index (χ4n) is 2.81. The van der Waals surface area contributed by atoms with Crippen LogP contribution in [0.25, 0.3) is 6.08 Å². The van der Waals surface area contributed by atoms with Crippen LogP contribution < -0.4 is 19.5 Å². The molecule has 0 aliphatic rings. The van der Waals surface area contributed by atoms with Crippen LogP contribution in [0.4, 0.5) is 5.69 Å². The van der Waals surface area contributed by atoms with Crippen LogP contribution in [-0.2, 0) is 11.4 Å². The van der Waals surface area contributed by atoms with Gasteiger partial charge in [-0.3, -0.25) is 4.79 Å². The molecule has 1 amide bonds. The maximum absolute atomic E-state index is 12.2. The second kappa shape index (κ2) is 11.1. The first-order valence-electron chi connectivity index (χ1n) is 9.84. The Morgan fingerprint density at radius 1 is 0.968 bits per heavy atom. The summed E-state index contributed by atoms with van der Waals surface area (Å²) in [6.07, 6.45) is 3.19. The summed E-state index contributed by atoms with van der Waals surface area (Å²) in [7, 11) is 1.58. The lowest BCUT2D eigenvalue weighted by atomic mass is 10.2. The van der Waals surface area contributed by atoms with Gasteiger partial charge < -0.3 is 19.5 Å². The Morgan fingerprint density at radius 2 is 1.71 bits per heavy atom. The molecule has 0 unspecified atom stereocenters. The van der Waals surface area contributed by atoms with Crippen LogP contribution in [0.15, 0.2) is 72.8 Å². The monoisotopic (exact) mass is 437 g/mol. The number of rotatable bonds is 9. The molecule has 5 nitrogen and oxygen atoms in total. The summed E-state index contributed by atoms with van der Waals surface area (Å²) in [4.78, 5) is 12.2. The number of carbonyl (C=O) groups excluding carboxylic acids is 1. The van der Waals surface area contributed by atoms with Gasteiger partial charge in [0.05, 0.1) is 13.7 Å². The molecule has 0 fully saturated rings. The van der Waals surface area contributed by atoms with Gasteiger partial charge in [-0.25, -0.2) is 0 Å². The molecule has 0 atom stereocenters. The third kappa shape index (κ3) is 6.79. The second-order valence-corrected chi connectivity index (χ2v) is 7.04. The summed E-state index contributed by atoms with van der Waals surface area (Å²) in [6.45, 7) is 2.92. The molecular weight excluding hydrogens is 414 g/mol. The van der Waals surface area contributed by atoms with Crippen LogP contribution in [0.1, 0.15) is 18.1 Å². The van der Waals surface area contributed by atoms with Crippen molar-refractivity contribution < 1.29 is 19.0 Å². The van der Waals surface area contributed by atoms with Gasteiger partial charge in [-0.15, -0.1) is 0 Å². The predicted molar refractivity (Wildman–Crippen MR) is 124 cm³/mol. The molecule has 0 spiro atoms. The zero-order valence-electron chi connectivity index (χ0n) is 17.4. The minimum absolute atomic E-state index is 0.230. The highest BCUT2D eigenvalue weighted by molar-refractivity contribution is 6.30. The van der Waals surface area contributed by atoms with Crippen LogP contribution in [0.3, 0.4) is 0 Å². The van der Waals surface area contributed by atoms with Crippen molar-refractivity contribution in [3.63, 3.8) is 0 Å². The van der Waals surface area contributed by atoms with Crippen molar-refractivity contribution in [3.8, 4) is 17.2 Å². The summed E-state index contributed by atoms with van der Waals surface area (Å²) < 4.78 is 16.7. The Balaban J connectivity index is 1.59. The van der Waals surface area contributed by atoms with E-state index in [1.54, 1.807) is 25.3 Å². The molecule has 0 heterocycles. The molecule has 0 bridgehead atoms.